The minimum atomic E-state index is -4.48. The average molecular weight is 538 g/mol. The highest BCUT2D eigenvalue weighted by Crippen LogP contribution is 2.31. The minimum Gasteiger partial charge on any atom is -0.383 e. The largest absolute Gasteiger partial charge is 0.417 e. The van der Waals surface area contributed by atoms with E-state index in [1.165, 1.54) is 12.3 Å². The molecule has 3 aromatic rings. The minimum absolute atomic E-state index is 0.0449. The van der Waals surface area contributed by atoms with Crippen molar-refractivity contribution in [3.05, 3.63) is 58.0 Å². The molecule has 0 aromatic carbocycles. The first-order valence-corrected chi connectivity index (χ1v) is 11.5. The zero-order valence-corrected chi connectivity index (χ0v) is 19.9. The van der Waals surface area contributed by atoms with Crippen LogP contribution in [0.25, 0.3) is 11.0 Å². The van der Waals surface area contributed by atoms with Gasteiger partial charge in [-0.15, -0.1) is 0 Å². The molecule has 0 radical (unpaired) electrons. The fraction of sp³-hybridized carbons (Fsp3) is 0.391. The molecule has 4 rings (SSSR count). The van der Waals surface area contributed by atoms with Crippen LogP contribution in [0.1, 0.15) is 47.3 Å². The smallest absolute Gasteiger partial charge is 0.383 e. The van der Waals surface area contributed by atoms with Crippen molar-refractivity contribution in [2.24, 2.45) is 0 Å². The molecule has 0 unspecified atom stereocenters. The van der Waals surface area contributed by atoms with E-state index in [2.05, 4.69) is 30.9 Å². The lowest BCUT2D eigenvalue weighted by atomic mass is 9.90. The van der Waals surface area contributed by atoms with Crippen LogP contribution in [-0.4, -0.2) is 45.0 Å². The van der Waals surface area contributed by atoms with Gasteiger partial charge in [-0.25, -0.2) is 9.97 Å². The Morgan fingerprint density at radius 1 is 1.21 bits per heavy atom. The predicted octanol–water partition coefficient (Wildman–Crippen LogP) is 4.99. The maximum Gasteiger partial charge on any atom is 0.417 e. The number of nitrogens with zero attached hydrogens (tertiary/aromatic N) is 4. The molecule has 0 aliphatic heterocycles. The molecule has 0 spiro atoms. The van der Waals surface area contributed by atoms with E-state index in [9.17, 15) is 18.0 Å². The molecule has 0 saturated heterocycles. The molecular formula is C23H23BrF3N5O2. The fourth-order valence-corrected chi connectivity index (χ4v) is 4.58. The van der Waals surface area contributed by atoms with Crippen LogP contribution in [0.4, 0.5) is 19.0 Å². The lowest BCUT2D eigenvalue weighted by Gasteiger charge is -2.39. The van der Waals surface area contributed by atoms with Crippen LogP contribution in [0.3, 0.4) is 0 Å². The van der Waals surface area contributed by atoms with E-state index in [1.54, 1.807) is 24.1 Å². The van der Waals surface area contributed by atoms with Gasteiger partial charge >= 0.3 is 6.18 Å². The standard InChI is InChI=1S/C23H23BrF3N5O2/c1-34-19-5-3-2-4-18(19)32(12-16-7-6-15(11-29-16)23(25,26)27)22(33)14-8-13-9-17(24)20(28)31-21(13)30-10-14/h6-11,18-19H,2-5,12H2,1H3,(H2,28,30,31)/t18-,19-/m0/s1. The Balaban J connectivity index is 1.69. The van der Waals surface area contributed by atoms with E-state index >= 15 is 0 Å². The highest BCUT2D eigenvalue weighted by molar-refractivity contribution is 9.10. The molecule has 2 N–H and O–H groups in total. The first-order chi connectivity index (χ1) is 16.2. The summed E-state index contributed by atoms with van der Waals surface area (Å²) in [5.41, 5.74) is 6.07. The topological polar surface area (TPSA) is 94.2 Å². The Hall–Kier alpha value is -2.79. The third kappa shape index (κ3) is 5.15. The Morgan fingerprint density at radius 2 is 1.97 bits per heavy atom. The normalized spacial score (nSPS) is 18.7. The number of carbonyl (C=O) groups is 1. The highest BCUT2D eigenvalue weighted by Gasteiger charge is 2.35. The number of rotatable bonds is 5. The van der Waals surface area contributed by atoms with Crippen LogP contribution in [0.2, 0.25) is 0 Å². The number of pyridine rings is 3. The molecule has 34 heavy (non-hydrogen) atoms. The number of nitrogen functional groups attached to an aromatic ring is 1. The lowest BCUT2D eigenvalue weighted by Crippen LogP contribution is -2.49. The van der Waals surface area contributed by atoms with Crippen molar-refractivity contribution in [1.82, 2.24) is 19.9 Å². The van der Waals surface area contributed by atoms with E-state index < -0.39 is 11.7 Å². The Kier molecular flexibility index (Phi) is 7.04. The molecule has 3 heterocycles. The number of nitrogens with two attached hydrogens (primary N) is 1. The van der Waals surface area contributed by atoms with Crippen molar-refractivity contribution in [3.63, 3.8) is 0 Å². The summed E-state index contributed by atoms with van der Waals surface area (Å²) in [5.74, 6) is -0.0165. The lowest BCUT2D eigenvalue weighted by molar-refractivity contribution is -0.137. The summed E-state index contributed by atoms with van der Waals surface area (Å²) in [4.78, 5) is 27.8. The van der Waals surface area contributed by atoms with Crippen LogP contribution in [0.5, 0.6) is 0 Å². The van der Waals surface area contributed by atoms with Crippen LogP contribution in [0, 0.1) is 0 Å². The van der Waals surface area contributed by atoms with Gasteiger partial charge in [-0.1, -0.05) is 12.8 Å². The number of alkyl halides is 3. The molecule has 11 heteroatoms. The number of methoxy groups -OCH3 is 1. The van der Waals surface area contributed by atoms with Gasteiger partial charge in [0.2, 0.25) is 0 Å². The number of halogens is 4. The van der Waals surface area contributed by atoms with Crippen molar-refractivity contribution in [2.75, 3.05) is 12.8 Å². The Morgan fingerprint density at radius 3 is 2.65 bits per heavy atom. The molecule has 2 atom stereocenters. The Labute approximate surface area is 202 Å². The zero-order chi connectivity index (χ0) is 24.5. The van der Waals surface area contributed by atoms with Crippen molar-refractivity contribution < 1.29 is 22.7 Å². The third-order valence-electron chi connectivity index (χ3n) is 6.01. The van der Waals surface area contributed by atoms with E-state index in [-0.39, 0.29) is 24.6 Å². The number of aromatic nitrogens is 3. The number of anilines is 1. The van der Waals surface area contributed by atoms with Gasteiger partial charge in [0.05, 0.1) is 40.0 Å². The predicted molar refractivity (Wildman–Crippen MR) is 124 cm³/mol. The van der Waals surface area contributed by atoms with E-state index in [0.29, 0.717) is 32.6 Å². The summed E-state index contributed by atoms with van der Waals surface area (Å²) < 4.78 is 45.1. The van der Waals surface area contributed by atoms with Crippen molar-refractivity contribution in [2.45, 2.75) is 50.6 Å². The SMILES string of the molecule is CO[C@H]1CCCC[C@@H]1N(Cc1ccc(C(F)(F)F)cn1)C(=O)c1cnc2nc(N)c(Br)cc2c1. The van der Waals surface area contributed by atoms with Gasteiger partial charge in [-0.2, -0.15) is 13.2 Å². The van der Waals surface area contributed by atoms with Crippen molar-refractivity contribution in [1.29, 1.82) is 0 Å². The summed E-state index contributed by atoms with van der Waals surface area (Å²) in [6.07, 6.45) is 0.966. The van der Waals surface area contributed by atoms with Gasteiger partial charge in [-0.3, -0.25) is 9.78 Å². The zero-order valence-electron chi connectivity index (χ0n) is 18.3. The quantitative estimate of drug-likeness (QED) is 0.492. The van der Waals surface area contributed by atoms with E-state index in [4.69, 9.17) is 10.5 Å². The molecule has 1 fully saturated rings. The molecule has 1 amide bonds. The molecule has 180 valence electrons. The Bertz CT molecular complexity index is 1190. The van der Waals surface area contributed by atoms with Crippen LogP contribution < -0.4 is 5.73 Å². The molecule has 0 bridgehead atoms. The second-order valence-electron chi connectivity index (χ2n) is 8.22. The summed E-state index contributed by atoms with van der Waals surface area (Å²) in [6, 6.07) is 5.45. The first-order valence-electron chi connectivity index (χ1n) is 10.7. The number of hydrogen-bond acceptors (Lipinski definition) is 6. The summed E-state index contributed by atoms with van der Waals surface area (Å²) in [5, 5.41) is 0.631. The fourth-order valence-electron chi connectivity index (χ4n) is 4.24. The van der Waals surface area contributed by atoms with Gasteiger partial charge in [0.15, 0.2) is 5.65 Å². The monoisotopic (exact) mass is 537 g/mol. The van der Waals surface area contributed by atoms with Crippen LogP contribution in [0.15, 0.2) is 41.1 Å². The molecule has 1 saturated carbocycles. The second-order valence-corrected chi connectivity index (χ2v) is 9.08. The molecule has 3 aromatic heterocycles. The maximum absolute atomic E-state index is 13.7. The number of ether oxygens (including phenoxy) is 1. The van der Waals surface area contributed by atoms with Gasteiger partial charge < -0.3 is 15.4 Å². The van der Waals surface area contributed by atoms with Crippen molar-refractivity contribution >= 4 is 38.7 Å². The van der Waals surface area contributed by atoms with Crippen LogP contribution in [-0.2, 0) is 17.5 Å². The maximum atomic E-state index is 13.7. The molecule has 1 aliphatic carbocycles. The van der Waals surface area contributed by atoms with E-state index in [1.807, 2.05) is 0 Å². The average Bonchev–Trinajstić information content (AvgIpc) is 2.82. The second kappa shape index (κ2) is 9.83. The molecule has 7 nitrogen and oxygen atoms in total. The van der Waals surface area contributed by atoms with Crippen molar-refractivity contribution in [3.8, 4) is 0 Å². The third-order valence-corrected chi connectivity index (χ3v) is 6.65. The molecular weight excluding hydrogens is 515 g/mol. The van der Waals surface area contributed by atoms with Gasteiger partial charge in [0.1, 0.15) is 5.82 Å². The highest BCUT2D eigenvalue weighted by atomic mass is 79.9. The molecule has 1 aliphatic rings. The number of amides is 1. The van der Waals surface area contributed by atoms with Gasteiger partial charge in [-0.05, 0) is 53.0 Å². The van der Waals surface area contributed by atoms with E-state index in [0.717, 1.165) is 37.9 Å². The number of hydrogen-bond donors (Lipinski definition) is 1. The first kappa shape index (κ1) is 24.3. The number of carbonyl (C=O) groups excluding carboxylic acids is 1. The summed E-state index contributed by atoms with van der Waals surface area (Å²) in [7, 11) is 1.60. The van der Waals surface area contributed by atoms with Gasteiger partial charge in [0, 0.05) is 24.9 Å². The number of fused-ring (bicyclic) bond motifs is 1. The summed E-state index contributed by atoms with van der Waals surface area (Å²) >= 11 is 3.34. The van der Waals surface area contributed by atoms with Crippen LogP contribution >= 0.6 is 15.9 Å². The summed E-state index contributed by atoms with van der Waals surface area (Å²) in [6.45, 7) is 0.0449. The van der Waals surface area contributed by atoms with Gasteiger partial charge in [0.25, 0.3) is 5.91 Å².